The van der Waals surface area contributed by atoms with E-state index in [4.69, 9.17) is 17.3 Å². The van der Waals surface area contributed by atoms with Crippen LogP contribution in [0.4, 0.5) is 11.8 Å². The van der Waals surface area contributed by atoms with Crippen molar-refractivity contribution in [1.82, 2.24) is 9.97 Å². The van der Waals surface area contributed by atoms with E-state index in [2.05, 4.69) is 15.3 Å². The van der Waals surface area contributed by atoms with Crippen LogP contribution in [0.15, 0.2) is 48.5 Å². The lowest BCUT2D eigenvalue weighted by atomic mass is 10.1. The van der Waals surface area contributed by atoms with Crippen molar-refractivity contribution in [3.05, 3.63) is 70.2 Å². The Morgan fingerprint density at radius 1 is 1.07 bits per heavy atom. The van der Waals surface area contributed by atoms with Gasteiger partial charge in [0.25, 0.3) is 0 Å². The van der Waals surface area contributed by atoms with E-state index in [-0.39, 0.29) is 17.5 Å². The molecule has 0 atom stereocenters. The van der Waals surface area contributed by atoms with Crippen molar-refractivity contribution in [2.75, 3.05) is 23.3 Å². The fourth-order valence-electron chi connectivity index (χ4n) is 3.07. The molecule has 0 radical (unpaired) electrons. The number of hydrogen-bond acceptors (Lipinski definition) is 6. The number of nitrogen functional groups attached to an aromatic ring is 1. The molecule has 0 aliphatic heterocycles. The standard InChI is InChI=1S/C22H25ClN4O2S/c1-3-30(28,29)14-17-9-7-16(8-10-17)11-12-25-21-13-20(26-22(24)27-21)18-5-4-6-19(23)15(18)2/h4-10,13H,3,11-12,14H2,1-2H3,(H3,24,25,26,27). The van der Waals surface area contributed by atoms with Gasteiger partial charge in [-0.1, -0.05) is 54.9 Å². The third kappa shape index (κ3) is 5.70. The third-order valence-corrected chi connectivity index (χ3v) is 6.92. The van der Waals surface area contributed by atoms with Crippen molar-refractivity contribution in [2.24, 2.45) is 0 Å². The zero-order valence-electron chi connectivity index (χ0n) is 17.0. The number of halogens is 1. The van der Waals surface area contributed by atoms with Gasteiger partial charge in [0.1, 0.15) is 5.82 Å². The lowest BCUT2D eigenvalue weighted by molar-refractivity contribution is 0.596. The van der Waals surface area contributed by atoms with Gasteiger partial charge in [0.2, 0.25) is 5.95 Å². The Hall–Kier alpha value is -2.64. The molecule has 30 heavy (non-hydrogen) atoms. The highest BCUT2D eigenvalue weighted by Gasteiger charge is 2.10. The van der Waals surface area contributed by atoms with Gasteiger partial charge in [0, 0.05) is 29.0 Å². The molecular weight excluding hydrogens is 420 g/mol. The summed E-state index contributed by atoms with van der Waals surface area (Å²) in [7, 11) is -3.02. The van der Waals surface area contributed by atoms with E-state index in [0.717, 1.165) is 28.7 Å². The summed E-state index contributed by atoms with van der Waals surface area (Å²) >= 11 is 6.23. The number of sulfone groups is 1. The minimum Gasteiger partial charge on any atom is -0.370 e. The number of benzene rings is 2. The molecule has 0 bridgehead atoms. The molecule has 1 heterocycles. The Bertz CT molecular complexity index is 1130. The topological polar surface area (TPSA) is 98.0 Å². The normalized spacial score (nSPS) is 11.4. The highest BCUT2D eigenvalue weighted by atomic mass is 35.5. The Labute approximate surface area is 182 Å². The first-order valence-electron chi connectivity index (χ1n) is 9.69. The Morgan fingerprint density at radius 2 is 1.77 bits per heavy atom. The maximum absolute atomic E-state index is 11.7. The van der Waals surface area contributed by atoms with Crippen LogP contribution < -0.4 is 11.1 Å². The lowest BCUT2D eigenvalue weighted by Gasteiger charge is -2.11. The molecule has 0 saturated carbocycles. The molecule has 0 aliphatic carbocycles. The van der Waals surface area contributed by atoms with Crippen molar-refractivity contribution < 1.29 is 8.42 Å². The molecule has 1 aromatic heterocycles. The Morgan fingerprint density at radius 3 is 2.47 bits per heavy atom. The van der Waals surface area contributed by atoms with Crippen LogP contribution in [-0.4, -0.2) is 30.7 Å². The lowest BCUT2D eigenvalue weighted by Crippen LogP contribution is -2.09. The Balaban J connectivity index is 1.65. The molecule has 3 N–H and O–H groups in total. The molecule has 0 saturated heterocycles. The zero-order valence-corrected chi connectivity index (χ0v) is 18.6. The molecule has 0 unspecified atom stereocenters. The number of aromatic nitrogens is 2. The predicted molar refractivity (Wildman–Crippen MR) is 123 cm³/mol. The highest BCUT2D eigenvalue weighted by Crippen LogP contribution is 2.28. The van der Waals surface area contributed by atoms with Crippen LogP contribution in [0, 0.1) is 6.92 Å². The molecule has 2 aromatic carbocycles. The fraction of sp³-hybridized carbons (Fsp3) is 0.273. The third-order valence-electron chi connectivity index (χ3n) is 4.86. The molecule has 0 aliphatic rings. The average Bonchev–Trinajstić information content (AvgIpc) is 2.71. The summed E-state index contributed by atoms with van der Waals surface area (Å²) in [6, 6.07) is 15.2. The predicted octanol–water partition coefficient (Wildman–Crippen LogP) is 4.28. The largest absolute Gasteiger partial charge is 0.370 e. The highest BCUT2D eigenvalue weighted by molar-refractivity contribution is 7.90. The van der Waals surface area contributed by atoms with Gasteiger partial charge >= 0.3 is 0 Å². The van der Waals surface area contributed by atoms with Crippen molar-refractivity contribution in [1.29, 1.82) is 0 Å². The molecule has 6 nitrogen and oxygen atoms in total. The minimum absolute atomic E-state index is 0.0773. The van der Waals surface area contributed by atoms with Gasteiger partial charge in [-0.25, -0.2) is 13.4 Å². The van der Waals surface area contributed by atoms with Crippen molar-refractivity contribution in [2.45, 2.75) is 26.0 Å². The van der Waals surface area contributed by atoms with Crippen molar-refractivity contribution in [3.8, 4) is 11.3 Å². The maximum Gasteiger partial charge on any atom is 0.222 e. The molecule has 0 spiro atoms. The van der Waals surface area contributed by atoms with Gasteiger partial charge in [-0.05, 0) is 36.1 Å². The first kappa shape index (κ1) is 22.1. The van der Waals surface area contributed by atoms with Gasteiger partial charge in [0.05, 0.1) is 11.4 Å². The van der Waals surface area contributed by atoms with Crippen molar-refractivity contribution >= 4 is 33.2 Å². The van der Waals surface area contributed by atoms with Gasteiger partial charge in [-0.15, -0.1) is 0 Å². The summed E-state index contributed by atoms with van der Waals surface area (Å²) in [6.07, 6.45) is 0.760. The molecule has 3 aromatic rings. The van der Waals surface area contributed by atoms with E-state index < -0.39 is 9.84 Å². The number of nitrogens with zero attached hydrogens (tertiary/aromatic N) is 2. The van der Waals surface area contributed by atoms with E-state index >= 15 is 0 Å². The summed E-state index contributed by atoms with van der Waals surface area (Å²) in [5.41, 5.74) is 10.4. The molecule has 3 rings (SSSR count). The first-order chi connectivity index (χ1) is 14.3. The fourth-order valence-corrected chi connectivity index (χ4v) is 4.15. The number of hydrogen-bond donors (Lipinski definition) is 2. The van der Waals surface area contributed by atoms with Gasteiger partial charge in [0.15, 0.2) is 9.84 Å². The molecular formula is C22H25ClN4O2S. The molecule has 8 heteroatoms. The number of anilines is 2. The summed E-state index contributed by atoms with van der Waals surface area (Å²) in [5, 5.41) is 3.96. The van der Waals surface area contributed by atoms with Crippen LogP contribution in [0.3, 0.4) is 0 Å². The van der Waals surface area contributed by atoms with Crippen LogP contribution in [0.25, 0.3) is 11.3 Å². The molecule has 158 valence electrons. The van der Waals surface area contributed by atoms with E-state index in [1.165, 1.54) is 0 Å². The van der Waals surface area contributed by atoms with E-state index in [1.807, 2.05) is 55.5 Å². The zero-order chi connectivity index (χ0) is 21.7. The number of rotatable bonds is 8. The molecule has 0 fully saturated rings. The summed E-state index contributed by atoms with van der Waals surface area (Å²) < 4.78 is 23.5. The second-order valence-corrected chi connectivity index (χ2v) is 9.84. The van der Waals surface area contributed by atoms with Crippen LogP contribution in [-0.2, 0) is 22.0 Å². The summed E-state index contributed by atoms with van der Waals surface area (Å²) in [6.45, 7) is 4.25. The van der Waals surface area contributed by atoms with E-state index in [9.17, 15) is 8.42 Å². The summed E-state index contributed by atoms with van der Waals surface area (Å²) in [5.74, 6) is 1.06. The Kier molecular flexibility index (Phi) is 6.95. The number of nitrogens with one attached hydrogen (secondary N) is 1. The molecule has 0 amide bonds. The van der Waals surface area contributed by atoms with E-state index in [0.29, 0.717) is 23.1 Å². The first-order valence-corrected chi connectivity index (χ1v) is 11.9. The SMILES string of the molecule is CCS(=O)(=O)Cc1ccc(CCNc2cc(-c3cccc(Cl)c3C)nc(N)n2)cc1. The van der Waals surface area contributed by atoms with Crippen LogP contribution in [0.1, 0.15) is 23.6 Å². The summed E-state index contributed by atoms with van der Waals surface area (Å²) in [4.78, 5) is 8.60. The quantitative estimate of drug-likeness (QED) is 0.538. The minimum atomic E-state index is -3.02. The average molecular weight is 445 g/mol. The van der Waals surface area contributed by atoms with Crippen LogP contribution >= 0.6 is 11.6 Å². The van der Waals surface area contributed by atoms with Crippen LogP contribution in [0.2, 0.25) is 5.02 Å². The number of nitrogens with two attached hydrogens (primary N) is 1. The second-order valence-electron chi connectivity index (χ2n) is 7.08. The maximum atomic E-state index is 11.7. The van der Waals surface area contributed by atoms with Gasteiger partial charge in [-0.2, -0.15) is 4.98 Å². The monoisotopic (exact) mass is 444 g/mol. The van der Waals surface area contributed by atoms with Crippen molar-refractivity contribution in [3.63, 3.8) is 0 Å². The van der Waals surface area contributed by atoms with Crippen LogP contribution in [0.5, 0.6) is 0 Å². The second kappa shape index (κ2) is 9.45. The van der Waals surface area contributed by atoms with Gasteiger partial charge in [-0.3, -0.25) is 0 Å². The van der Waals surface area contributed by atoms with E-state index in [1.54, 1.807) is 6.92 Å². The smallest absolute Gasteiger partial charge is 0.222 e. The van der Waals surface area contributed by atoms with Gasteiger partial charge < -0.3 is 11.1 Å².